The van der Waals surface area contributed by atoms with E-state index < -0.39 is 0 Å². The molecule has 0 bridgehead atoms. The molecular weight excluding hydrogens is 299 g/mol. The van der Waals surface area contributed by atoms with Gasteiger partial charge in [0.1, 0.15) is 18.0 Å². The number of aryl methyl sites for hydroxylation is 2. The summed E-state index contributed by atoms with van der Waals surface area (Å²) in [6.45, 7) is 5.04. The van der Waals surface area contributed by atoms with Crippen LogP contribution in [-0.4, -0.2) is 37.9 Å². The van der Waals surface area contributed by atoms with Gasteiger partial charge in [-0.2, -0.15) is 0 Å². The monoisotopic (exact) mass is 318 g/mol. The molecule has 1 aliphatic carbocycles. The summed E-state index contributed by atoms with van der Waals surface area (Å²) < 4.78 is 16.6. The van der Waals surface area contributed by atoms with E-state index in [1.165, 1.54) is 0 Å². The molecule has 112 valence electrons. The van der Waals surface area contributed by atoms with Gasteiger partial charge >= 0.3 is 0 Å². The topological polar surface area (TPSA) is 27.7 Å². The molecule has 1 saturated carbocycles. The Morgan fingerprint density at radius 1 is 1.20 bits per heavy atom. The van der Waals surface area contributed by atoms with Crippen LogP contribution >= 0.6 is 23.2 Å². The van der Waals surface area contributed by atoms with Crippen LogP contribution in [0, 0.1) is 13.8 Å². The third kappa shape index (κ3) is 3.59. The number of ether oxygens (including phenoxy) is 3. The second kappa shape index (κ2) is 6.99. The highest BCUT2D eigenvalue weighted by Crippen LogP contribution is 2.34. The number of methoxy groups -OCH3 is 1. The minimum absolute atomic E-state index is 0.00525. The van der Waals surface area contributed by atoms with Gasteiger partial charge in [0.25, 0.3) is 0 Å². The predicted octanol–water partition coefficient (Wildman–Crippen LogP) is 3.75. The second-order valence-electron chi connectivity index (χ2n) is 5.11. The van der Waals surface area contributed by atoms with Crippen LogP contribution < -0.4 is 4.74 Å². The molecule has 3 atom stereocenters. The molecule has 0 amide bonds. The van der Waals surface area contributed by atoms with Crippen LogP contribution in [0.25, 0.3) is 0 Å². The molecule has 1 aromatic rings. The van der Waals surface area contributed by atoms with Gasteiger partial charge in [-0.1, -0.05) is 11.6 Å². The smallest absolute Gasteiger partial charge is 0.128 e. The quantitative estimate of drug-likeness (QED) is 0.590. The first kappa shape index (κ1) is 15.9. The molecular formula is C15H20Cl2O3. The maximum Gasteiger partial charge on any atom is 0.128 e. The van der Waals surface area contributed by atoms with Gasteiger partial charge in [-0.05, 0) is 37.1 Å². The first-order valence-electron chi connectivity index (χ1n) is 6.71. The lowest BCUT2D eigenvalue weighted by Gasteiger charge is -2.40. The third-order valence-corrected chi connectivity index (χ3v) is 4.50. The summed E-state index contributed by atoms with van der Waals surface area (Å²) >= 11 is 12.3. The lowest BCUT2D eigenvalue weighted by molar-refractivity contribution is -0.0898. The summed E-state index contributed by atoms with van der Waals surface area (Å²) in [5.41, 5.74) is 2.03. The Morgan fingerprint density at radius 3 is 2.40 bits per heavy atom. The summed E-state index contributed by atoms with van der Waals surface area (Å²) in [5.74, 6) is 0.818. The lowest BCUT2D eigenvalue weighted by Crippen LogP contribution is -2.53. The van der Waals surface area contributed by atoms with Crippen LogP contribution in [0.3, 0.4) is 0 Å². The molecule has 0 saturated heterocycles. The molecule has 0 radical (unpaired) electrons. The molecule has 3 nitrogen and oxygen atoms in total. The second-order valence-corrected chi connectivity index (χ2v) is 6.05. The zero-order chi connectivity index (χ0) is 14.7. The van der Waals surface area contributed by atoms with Gasteiger partial charge in [0.2, 0.25) is 0 Å². The Hall–Kier alpha value is -0.480. The fourth-order valence-corrected chi connectivity index (χ4v) is 2.79. The van der Waals surface area contributed by atoms with E-state index in [0.29, 0.717) is 13.2 Å². The van der Waals surface area contributed by atoms with E-state index in [1.807, 2.05) is 26.0 Å². The highest BCUT2D eigenvalue weighted by atomic mass is 35.5. The molecule has 1 aliphatic rings. The van der Waals surface area contributed by atoms with Crippen molar-refractivity contribution in [1.29, 1.82) is 0 Å². The van der Waals surface area contributed by atoms with Crippen molar-refractivity contribution in [3.63, 3.8) is 0 Å². The molecule has 5 heteroatoms. The lowest BCUT2D eigenvalue weighted by atomic mass is 9.91. The minimum atomic E-state index is -0.0805. The van der Waals surface area contributed by atoms with Crippen molar-refractivity contribution < 1.29 is 14.2 Å². The highest BCUT2D eigenvalue weighted by Gasteiger charge is 2.42. The summed E-state index contributed by atoms with van der Waals surface area (Å²) in [6, 6.07) is 3.90. The van der Waals surface area contributed by atoms with Gasteiger partial charge in [0, 0.05) is 18.6 Å². The molecule has 1 fully saturated rings. The molecule has 0 heterocycles. The highest BCUT2D eigenvalue weighted by molar-refractivity contribution is 6.32. The average Bonchev–Trinajstić information content (AvgIpc) is 2.40. The summed E-state index contributed by atoms with van der Waals surface area (Å²) in [7, 11) is 1.65. The van der Waals surface area contributed by atoms with Gasteiger partial charge in [0.05, 0.1) is 18.6 Å². The molecule has 0 aliphatic heterocycles. The van der Waals surface area contributed by atoms with Crippen LogP contribution in [0.2, 0.25) is 5.02 Å². The van der Waals surface area contributed by atoms with E-state index in [1.54, 1.807) is 7.11 Å². The first-order valence-corrected chi connectivity index (χ1v) is 7.52. The standard InChI is InChI=1S/C15H20Cl2O3/c1-9-6-11(7-10(2)14(9)17)20-13-8-12(16)15(13)19-5-4-18-3/h6-7,12-13,15H,4-5,8H2,1-3H3. The number of benzene rings is 1. The molecule has 2 rings (SSSR count). The van der Waals surface area contributed by atoms with Crippen molar-refractivity contribution in [1.82, 2.24) is 0 Å². The van der Waals surface area contributed by atoms with Crippen molar-refractivity contribution in [2.45, 2.75) is 37.9 Å². The molecule has 1 aromatic carbocycles. The molecule has 0 N–H and O–H groups in total. The Labute approximate surface area is 130 Å². The summed E-state index contributed by atoms with van der Waals surface area (Å²) in [5, 5.41) is 0.792. The van der Waals surface area contributed by atoms with Crippen molar-refractivity contribution >= 4 is 23.2 Å². The number of halogens is 2. The fraction of sp³-hybridized carbons (Fsp3) is 0.600. The van der Waals surface area contributed by atoms with E-state index in [2.05, 4.69) is 0 Å². The molecule has 3 unspecified atom stereocenters. The number of hydrogen-bond acceptors (Lipinski definition) is 3. The maximum atomic E-state index is 6.18. The van der Waals surface area contributed by atoms with E-state index in [0.717, 1.165) is 28.3 Å². The van der Waals surface area contributed by atoms with E-state index in [-0.39, 0.29) is 17.6 Å². The first-order chi connectivity index (χ1) is 9.52. The maximum absolute atomic E-state index is 6.18. The number of rotatable bonds is 6. The third-order valence-electron chi connectivity index (χ3n) is 3.48. The van der Waals surface area contributed by atoms with Gasteiger partial charge in [-0.15, -0.1) is 11.6 Å². The summed E-state index contributed by atoms with van der Waals surface area (Å²) in [4.78, 5) is 0. The number of alkyl halides is 1. The zero-order valence-electron chi connectivity index (χ0n) is 12.0. The molecule has 0 aromatic heterocycles. The van der Waals surface area contributed by atoms with E-state index in [9.17, 15) is 0 Å². The van der Waals surface area contributed by atoms with Crippen LogP contribution in [0.1, 0.15) is 17.5 Å². The fourth-order valence-electron chi connectivity index (χ4n) is 2.27. The van der Waals surface area contributed by atoms with Gasteiger partial charge in [-0.25, -0.2) is 0 Å². The largest absolute Gasteiger partial charge is 0.488 e. The minimum Gasteiger partial charge on any atom is -0.488 e. The predicted molar refractivity (Wildman–Crippen MR) is 81.2 cm³/mol. The average molecular weight is 319 g/mol. The van der Waals surface area contributed by atoms with Gasteiger partial charge in [0.15, 0.2) is 0 Å². The van der Waals surface area contributed by atoms with E-state index >= 15 is 0 Å². The zero-order valence-corrected chi connectivity index (χ0v) is 13.5. The van der Waals surface area contributed by atoms with Gasteiger partial charge < -0.3 is 14.2 Å². The van der Waals surface area contributed by atoms with Crippen molar-refractivity contribution in [2.75, 3.05) is 20.3 Å². The van der Waals surface area contributed by atoms with Crippen LogP contribution in [0.4, 0.5) is 0 Å². The Bertz CT molecular complexity index is 441. The van der Waals surface area contributed by atoms with E-state index in [4.69, 9.17) is 37.4 Å². The van der Waals surface area contributed by atoms with Crippen molar-refractivity contribution in [3.8, 4) is 5.75 Å². The normalized spacial score (nSPS) is 25.4. The van der Waals surface area contributed by atoms with Crippen LogP contribution in [-0.2, 0) is 9.47 Å². The Morgan fingerprint density at radius 2 is 1.85 bits per heavy atom. The SMILES string of the molecule is COCCOC1C(Cl)CC1Oc1cc(C)c(Cl)c(C)c1. The van der Waals surface area contributed by atoms with Gasteiger partial charge in [-0.3, -0.25) is 0 Å². The molecule has 20 heavy (non-hydrogen) atoms. The van der Waals surface area contributed by atoms with Crippen molar-refractivity contribution in [2.24, 2.45) is 0 Å². The summed E-state index contributed by atoms with van der Waals surface area (Å²) in [6.07, 6.45) is 0.706. The molecule has 0 spiro atoms. The van der Waals surface area contributed by atoms with Crippen LogP contribution in [0.5, 0.6) is 5.75 Å². The Balaban J connectivity index is 1.96. The Kier molecular flexibility index (Phi) is 5.56. The number of hydrogen-bond donors (Lipinski definition) is 0. The van der Waals surface area contributed by atoms with Crippen molar-refractivity contribution in [3.05, 3.63) is 28.3 Å². The van der Waals surface area contributed by atoms with Crippen LogP contribution in [0.15, 0.2) is 12.1 Å².